The standard InChI is InChI=1S/C13H19N3/c1-8-5-6-9(7-8)13-15-11-4-2-3-10(11)12(14)16-13/h8-9H,2-7H2,1H3,(H2,14,15,16). The van der Waals surface area contributed by atoms with Crippen molar-refractivity contribution in [3.63, 3.8) is 0 Å². The summed E-state index contributed by atoms with van der Waals surface area (Å²) in [6, 6.07) is 0. The van der Waals surface area contributed by atoms with Crippen LogP contribution >= 0.6 is 0 Å². The fraction of sp³-hybridized carbons (Fsp3) is 0.692. The Kier molecular flexibility index (Phi) is 2.34. The van der Waals surface area contributed by atoms with E-state index in [1.807, 2.05) is 0 Å². The zero-order chi connectivity index (χ0) is 11.1. The van der Waals surface area contributed by atoms with Crippen molar-refractivity contribution in [2.75, 3.05) is 5.73 Å². The van der Waals surface area contributed by atoms with Crippen LogP contribution in [0.3, 0.4) is 0 Å². The molecule has 0 aliphatic heterocycles. The molecule has 3 heteroatoms. The molecule has 1 fully saturated rings. The third kappa shape index (κ3) is 1.58. The summed E-state index contributed by atoms with van der Waals surface area (Å²) in [7, 11) is 0. The van der Waals surface area contributed by atoms with Crippen molar-refractivity contribution in [3.8, 4) is 0 Å². The predicted molar refractivity (Wildman–Crippen MR) is 64.2 cm³/mol. The Balaban J connectivity index is 1.94. The second-order valence-electron chi connectivity index (χ2n) is 5.36. The average Bonchev–Trinajstić information content (AvgIpc) is 2.85. The first kappa shape index (κ1) is 10.1. The Morgan fingerprint density at radius 3 is 2.81 bits per heavy atom. The molecule has 16 heavy (non-hydrogen) atoms. The molecule has 1 aromatic rings. The first-order chi connectivity index (χ1) is 7.74. The van der Waals surface area contributed by atoms with Gasteiger partial charge in [-0.1, -0.05) is 6.92 Å². The summed E-state index contributed by atoms with van der Waals surface area (Å²) < 4.78 is 0. The number of aromatic nitrogens is 2. The molecule has 86 valence electrons. The van der Waals surface area contributed by atoms with Crippen LogP contribution in [-0.2, 0) is 12.8 Å². The molecule has 0 spiro atoms. The third-order valence-electron chi connectivity index (χ3n) is 4.04. The summed E-state index contributed by atoms with van der Waals surface area (Å²) in [4.78, 5) is 9.27. The molecule has 2 N–H and O–H groups in total. The maximum atomic E-state index is 6.02. The van der Waals surface area contributed by atoms with Gasteiger partial charge in [-0.15, -0.1) is 0 Å². The zero-order valence-electron chi connectivity index (χ0n) is 9.87. The van der Waals surface area contributed by atoms with Gasteiger partial charge in [0.1, 0.15) is 11.6 Å². The minimum atomic E-state index is 0.559. The molecular weight excluding hydrogens is 198 g/mol. The molecular formula is C13H19N3. The van der Waals surface area contributed by atoms with Gasteiger partial charge in [-0.2, -0.15) is 0 Å². The average molecular weight is 217 g/mol. The van der Waals surface area contributed by atoms with Crippen molar-refractivity contribution in [2.24, 2.45) is 5.92 Å². The first-order valence-corrected chi connectivity index (χ1v) is 6.39. The van der Waals surface area contributed by atoms with Gasteiger partial charge >= 0.3 is 0 Å². The Labute approximate surface area is 96.5 Å². The number of hydrogen-bond donors (Lipinski definition) is 1. The molecule has 2 atom stereocenters. The molecule has 3 rings (SSSR count). The van der Waals surface area contributed by atoms with E-state index in [1.165, 1.54) is 36.9 Å². The van der Waals surface area contributed by atoms with E-state index >= 15 is 0 Å². The fourth-order valence-electron chi connectivity index (χ4n) is 3.11. The molecule has 0 amide bonds. The molecule has 0 aromatic carbocycles. The van der Waals surface area contributed by atoms with Crippen LogP contribution in [0.5, 0.6) is 0 Å². The quantitative estimate of drug-likeness (QED) is 0.786. The van der Waals surface area contributed by atoms with Crippen LogP contribution in [0.4, 0.5) is 5.82 Å². The summed E-state index contributed by atoms with van der Waals surface area (Å²) >= 11 is 0. The highest BCUT2D eigenvalue weighted by Crippen LogP contribution is 2.37. The number of nitrogens with zero attached hydrogens (tertiary/aromatic N) is 2. The molecule has 0 bridgehead atoms. The van der Waals surface area contributed by atoms with Crippen molar-refractivity contribution in [3.05, 3.63) is 17.1 Å². The van der Waals surface area contributed by atoms with Crippen LogP contribution in [0.25, 0.3) is 0 Å². The smallest absolute Gasteiger partial charge is 0.134 e. The number of aryl methyl sites for hydroxylation is 1. The van der Waals surface area contributed by atoms with Crippen molar-refractivity contribution in [1.82, 2.24) is 9.97 Å². The lowest BCUT2D eigenvalue weighted by Crippen LogP contribution is -2.08. The lowest BCUT2D eigenvalue weighted by atomic mass is 10.1. The minimum absolute atomic E-state index is 0.559. The number of nitrogen functional groups attached to an aromatic ring is 1. The van der Waals surface area contributed by atoms with Crippen LogP contribution in [0, 0.1) is 5.92 Å². The van der Waals surface area contributed by atoms with Crippen LogP contribution in [0.15, 0.2) is 0 Å². The monoisotopic (exact) mass is 217 g/mol. The van der Waals surface area contributed by atoms with E-state index in [1.54, 1.807) is 0 Å². The second-order valence-corrected chi connectivity index (χ2v) is 5.36. The van der Waals surface area contributed by atoms with E-state index < -0.39 is 0 Å². The Bertz CT molecular complexity index is 414. The molecule has 1 heterocycles. The van der Waals surface area contributed by atoms with E-state index in [0.29, 0.717) is 5.92 Å². The highest BCUT2D eigenvalue weighted by Gasteiger charge is 2.27. The van der Waals surface area contributed by atoms with Gasteiger partial charge in [0.05, 0.1) is 0 Å². The van der Waals surface area contributed by atoms with Gasteiger partial charge in [0.2, 0.25) is 0 Å². The van der Waals surface area contributed by atoms with Crippen molar-refractivity contribution >= 4 is 5.82 Å². The van der Waals surface area contributed by atoms with E-state index in [-0.39, 0.29) is 0 Å². The van der Waals surface area contributed by atoms with Crippen molar-refractivity contribution < 1.29 is 0 Å². The number of nitrogens with two attached hydrogens (primary N) is 1. The highest BCUT2D eigenvalue weighted by atomic mass is 15.0. The fourth-order valence-corrected chi connectivity index (χ4v) is 3.11. The largest absolute Gasteiger partial charge is 0.383 e. The molecule has 0 radical (unpaired) electrons. The van der Waals surface area contributed by atoms with Gasteiger partial charge in [-0.3, -0.25) is 0 Å². The van der Waals surface area contributed by atoms with Gasteiger partial charge in [0.15, 0.2) is 0 Å². The topological polar surface area (TPSA) is 51.8 Å². The maximum absolute atomic E-state index is 6.02. The lowest BCUT2D eigenvalue weighted by Gasteiger charge is -2.11. The van der Waals surface area contributed by atoms with E-state index in [0.717, 1.165) is 30.4 Å². The number of hydrogen-bond acceptors (Lipinski definition) is 3. The summed E-state index contributed by atoms with van der Waals surface area (Å²) in [5.74, 6) is 3.14. The number of fused-ring (bicyclic) bond motifs is 1. The maximum Gasteiger partial charge on any atom is 0.134 e. The minimum Gasteiger partial charge on any atom is -0.383 e. The van der Waals surface area contributed by atoms with Crippen molar-refractivity contribution in [1.29, 1.82) is 0 Å². The molecule has 2 unspecified atom stereocenters. The van der Waals surface area contributed by atoms with Gasteiger partial charge in [0.25, 0.3) is 0 Å². The van der Waals surface area contributed by atoms with Gasteiger partial charge in [-0.25, -0.2) is 9.97 Å². The number of rotatable bonds is 1. The summed E-state index contributed by atoms with van der Waals surface area (Å²) in [6.07, 6.45) is 7.14. The summed E-state index contributed by atoms with van der Waals surface area (Å²) in [6.45, 7) is 2.32. The van der Waals surface area contributed by atoms with Crippen LogP contribution in [0.2, 0.25) is 0 Å². The normalized spacial score (nSPS) is 28.3. The van der Waals surface area contributed by atoms with Crippen LogP contribution < -0.4 is 5.73 Å². The molecule has 2 aliphatic carbocycles. The highest BCUT2D eigenvalue weighted by molar-refractivity contribution is 5.45. The lowest BCUT2D eigenvalue weighted by molar-refractivity contribution is 0.584. The Hall–Kier alpha value is -1.12. The Morgan fingerprint density at radius 1 is 1.19 bits per heavy atom. The van der Waals surface area contributed by atoms with Gasteiger partial charge in [-0.05, 0) is 44.4 Å². The number of anilines is 1. The van der Waals surface area contributed by atoms with Crippen molar-refractivity contribution in [2.45, 2.75) is 51.4 Å². The molecule has 3 nitrogen and oxygen atoms in total. The van der Waals surface area contributed by atoms with E-state index in [4.69, 9.17) is 10.7 Å². The summed E-state index contributed by atoms with van der Waals surface area (Å²) in [5, 5.41) is 0. The molecule has 1 aromatic heterocycles. The van der Waals surface area contributed by atoms with E-state index in [9.17, 15) is 0 Å². The SMILES string of the molecule is CC1CCC(c2nc(N)c3c(n2)CCC3)C1. The zero-order valence-corrected chi connectivity index (χ0v) is 9.87. The van der Waals surface area contributed by atoms with Gasteiger partial charge < -0.3 is 5.73 Å². The van der Waals surface area contributed by atoms with Crippen LogP contribution in [-0.4, -0.2) is 9.97 Å². The Morgan fingerprint density at radius 2 is 2.06 bits per heavy atom. The summed E-state index contributed by atoms with van der Waals surface area (Å²) in [5.41, 5.74) is 8.47. The molecule has 0 saturated heterocycles. The third-order valence-corrected chi connectivity index (χ3v) is 4.04. The molecule has 2 aliphatic rings. The predicted octanol–water partition coefficient (Wildman–Crippen LogP) is 2.45. The van der Waals surface area contributed by atoms with Crippen LogP contribution in [0.1, 0.15) is 55.6 Å². The van der Waals surface area contributed by atoms with E-state index in [2.05, 4.69) is 11.9 Å². The first-order valence-electron chi connectivity index (χ1n) is 6.39. The van der Waals surface area contributed by atoms with Gasteiger partial charge in [0, 0.05) is 17.2 Å². The molecule has 1 saturated carbocycles. The second kappa shape index (κ2) is 3.72.